The quantitative estimate of drug-likeness (QED) is 0.574. The molecule has 0 bridgehead atoms. The molecule has 1 rings (SSSR count). The van der Waals surface area contributed by atoms with Gasteiger partial charge in [-0.25, -0.2) is 0 Å². The van der Waals surface area contributed by atoms with Crippen LogP contribution in [0.25, 0.3) is 0 Å². The van der Waals surface area contributed by atoms with E-state index in [1.165, 1.54) is 0 Å². The van der Waals surface area contributed by atoms with Gasteiger partial charge in [0.25, 0.3) is 0 Å². The maximum atomic E-state index is 8.84. The van der Waals surface area contributed by atoms with E-state index in [0.29, 0.717) is 6.54 Å². The van der Waals surface area contributed by atoms with Crippen LogP contribution in [0.15, 0.2) is 24.4 Å². The molecular formula is C8H12NO2+. The molecule has 0 aromatic carbocycles. The van der Waals surface area contributed by atoms with Gasteiger partial charge in [-0.3, -0.25) is 0 Å². The summed E-state index contributed by atoms with van der Waals surface area (Å²) in [5.74, 6) is 0. The fourth-order valence-corrected chi connectivity index (χ4v) is 0.981. The molecule has 0 amide bonds. The molecule has 3 nitrogen and oxygen atoms in total. The van der Waals surface area contributed by atoms with Crippen molar-refractivity contribution in [3.05, 3.63) is 30.1 Å². The number of aromatic nitrogens is 1. The van der Waals surface area contributed by atoms with Crippen molar-refractivity contribution >= 4 is 0 Å². The monoisotopic (exact) mass is 154 g/mol. The zero-order valence-corrected chi connectivity index (χ0v) is 6.27. The summed E-state index contributed by atoms with van der Waals surface area (Å²) in [6.45, 7) is 0.652. The van der Waals surface area contributed by atoms with Gasteiger partial charge in [-0.2, -0.15) is 4.57 Å². The average Bonchev–Trinajstić information content (AvgIpc) is 2.06. The van der Waals surface area contributed by atoms with Crippen LogP contribution < -0.4 is 4.57 Å². The predicted octanol–water partition coefficient (Wildman–Crippen LogP) is -0.541. The summed E-state index contributed by atoms with van der Waals surface area (Å²) >= 11 is 0. The molecule has 0 radical (unpaired) electrons. The van der Waals surface area contributed by atoms with Crippen molar-refractivity contribution in [3.63, 3.8) is 0 Å². The minimum Gasteiger partial charge on any atom is -0.390 e. The topological polar surface area (TPSA) is 44.3 Å². The molecule has 1 aromatic rings. The van der Waals surface area contributed by atoms with E-state index in [9.17, 15) is 0 Å². The molecule has 3 heteroatoms. The lowest BCUT2D eigenvalue weighted by atomic mass is 10.3. The van der Waals surface area contributed by atoms with Crippen LogP contribution >= 0.6 is 0 Å². The SMILES string of the molecule is OCC[n+]1ccccc1CO. The lowest BCUT2D eigenvalue weighted by Gasteiger charge is -1.97. The van der Waals surface area contributed by atoms with Gasteiger partial charge in [0.2, 0.25) is 5.69 Å². The molecule has 0 fully saturated rings. The Morgan fingerprint density at radius 3 is 2.73 bits per heavy atom. The summed E-state index contributed by atoms with van der Waals surface area (Å²) < 4.78 is 1.82. The van der Waals surface area contributed by atoms with E-state index < -0.39 is 0 Å². The summed E-state index contributed by atoms with van der Waals surface area (Å²) in [6.07, 6.45) is 1.84. The van der Waals surface area contributed by atoms with Crippen molar-refractivity contribution in [1.82, 2.24) is 0 Å². The maximum absolute atomic E-state index is 8.84. The Kier molecular flexibility index (Phi) is 3.01. The number of rotatable bonds is 3. The molecule has 11 heavy (non-hydrogen) atoms. The first kappa shape index (κ1) is 8.17. The molecule has 0 atom stereocenters. The third kappa shape index (κ3) is 2.00. The first-order valence-corrected chi connectivity index (χ1v) is 3.57. The standard InChI is InChI=1S/C8H12NO2/c10-6-5-9-4-2-1-3-8(9)7-11/h1-4,10-11H,5-7H2/q+1. The van der Waals surface area contributed by atoms with Gasteiger partial charge in [-0.1, -0.05) is 6.07 Å². The molecule has 1 aromatic heterocycles. The molecule has 0 aliphatic carbocycles. The zero-order valence-electron chi connectivity index (χ0n) is 6.27. The lowest BCUT2D eigenvalue weighted by molar-refractivity contribution is -0.707. The molecule has 0 spiro atoms. The van der Waals surface area contributed by atoms with Crippen molar-refractivity contribution in [2.24, 2.45) is 0 Å². The smallest absolute Gasteiger partial charge is 0.207 e. The maximum Gasteiger partial charge on any atom is 0.207 e. The first-order chi connectivity index (χ1) is 5.38. The van der Waals surface area contributed by atoms with Gasteiger partial charge in [0.1, 0.15) is 13.2 Å². The lowest BCUT2D eigenvalue weighted by Crippen LogP contribution is -2.39. The Hall–Kier alpha value is -0.930. The highest BCUT2D eigenvalue weighted by Crippen LogP contribution is 1.89. The van der Waals surface area contributed by atoms with Crippen molar-refractivity contribution < 1.29 is 14.8 Å². The van der Waals surface area contributed by atoms with Crippen molar-refractivity contribution in [2.45, 2.75) is 13.2 Å². The van der Waals surface area contributed by atoms with E-state index in [4.69, 9.17) is 10.2 Å². The summed E-state index contributed by atoms with van der Waals surface area (Å²) in [7, 11) is 0. The molecule has 0 saturated carbocycles. The second-order valence-electron chi connectivity index (χ2n) is 2.27. The van der Waals surface area contributed by atoms with E-state index in [1.54, 1.807) is 0 Å². The zero-order chi connectivity index (χ0) is 8.10. The van der Waals surface area contributed by atoms with E-state index in [0.717, 1.165) is 5.69 Å². The Morgan fingerprint density at radius 2 is 2.09 bits per heavy atom. The molecule has 0 unspecified atom stereocenters. The average molecular weight is 154 g/mol. The highest BCUT2D eigenvalue weighted by Gasteiger charge is 2.05. The number of pyridine rings is 1. The van der Waals surface area contributed by atoms with E-state index >= 15 is 0 Å². The van der Waals surface area contributed by atoms with Gasteiger partial charge in [0, 0.05) is 12.1 Å². The van der Waals surface area contributed by atoms with Crippen molar-refractivity contribution in [3.8, 4) is 0 Å². The van der Waals surface area contributed by atoms with Crippen LogP contribution in [-0.2, 0) is 13.2 Å². The second kappa shape index (κ2) is 4.05. The largest absolute Gasteiger partial charge is 0.390 e. The summed E-state index contributed by atoms with van der Waals surface area (Å²) in [5.41, 5.74) is 0.821. The normalized spacial score (nSPS) is 10.0. The van der Waals surface area contributed by atoms with E-state index in [-0.39, 0.29) is 13.2 Å². The number of nitrogens with zero attached hydrogens (tertiary/aromatic N) is 1. The van der Waals surface area contributed by atoms with Gasteiger partial charge in [0.05, 0.1) is 0 Å². The molecule has 0 aliphatic rings. The van der Waals surface area contributed by atoms with Crippen molar-refractivity contribution in [2.75, 3.05) is 6.61 Å². The number of aliphatic hydroxyl groups excluding tert-OH is 2. The van der Waals surface area contributed by atoms with E-state index in [1.807, 2.05) is 29.0 Å². The molecule has 0 saturated heterocycles. The number of aliphatic hydroxyl groups is 2. The van der Waals surface area contributed by atoms with Crippen LogP contribution in [0.2, 0.25) is 0 Å². The molecular weight excluding hydrogens is 142 g/mol. The number of hydrogen-bond acceptors (Lipinski definition) is 2. The predicted molar refractivity (Wildman–Crippen MR) is 39.6 cm³/mol. The van der Waals surface area contributed by atoms with E-state index in [2.05, 4.69) is 0 Å². The van der Waals surface area contributed by atoms with Crippen molar-refractivity contribution in [1.29, 1.82) is 0 Å². The van der Waals surface area contributed by atoms with Crippen LogP contribution in [0.1, 0.15) is 5.69 Å². The van der Waals surface area contributed by atoms with Gasteiger partial charge in [-0.05, 0) is 0 Å². The molecule has 2 N–H and O–H groups in total. The van der Waals surface area contributed by atoms with Gasteiger partial charge >= 0.3 is 0 Å². The number of hydrogen-bond donors (Lipinski definition) is 2. The third-order valence-corrected chi connectivity index (χ3v) is 1.54. The van der Waals surface area contributed by atoms with Gasteiger partial charge in [0.15, 0.2) is 12.7 Å². The Balaban J connectivity index is 2.83. The van der Waals surface area contributed by atoms with Crippen LogP contribution in [0, 0.1) is 0 Å². The van der Waals surface area contributed by atoms with Crippen LogP contribution in [0.5, 0.6) is 0 Å². The first-order valence-electron chi connectivity index (χ1n) is 3.57. The third-order valence-electron chi connectivity index (χ3n) is 1.54. The highest BCUT2D eigenvalue weighted by molar-refractivity contribution is 4.95. The second-order valence-corrected chi connectivity index (χ2v) is 2.27. The Bertz CT molecular complexity index is 225. The van der Waals surface area contributed by atoms with Gasteiger partial charge in [-0.15, -0.1) is 0 Å². The summed E-state index contributed by atoms with van der Waals surface area (Å²) in [6, 6.07) is 5.56. The molecule has 0 aliphatic heterocycles. The Morgan fingerprint density at radius 1 is 1.27 bits per heavy atom. The Labute approximate surface area is 65.5 Å². The molecule has 1 heterocycles. The highest BCUT2D eigenvalue weighted by atomic mass is 16.3. The fraction of sp³-hybridized carbons (Fsp3) is 0.375. The van der Waals surface area contributed by atoms with Crippen LogP contribution in [0.4, 0.5) is 0 Å². The van der Waals surface area contributed by atoms with Crippen LogP contribution in [-0.4, -0.2) is 16.8 Å². The van der Waals surface area contributed by atoms with Gasteiger partial charge < -0.3 is 10.2 Å². The minimum absolute atomic E-state index is 0.0147. The van der Waals surface area contributed by atoms with Crippen LogP contribution in [0.3, 0.4) is 0 Å². The summed E-state index contributed by atoms with van der Waals surface area (Å²) in [5, 5.41) is 17.5. The fourth-order valence-electron chi connectivity index (χ4n) is 0.981. The molecule has 60 valence electrons. The minimum atomic E-state index is 0.0147. The summed E-state index contributed by atoms with van der Waals surface area (Å²) in [4.78, 5) is 0.